The van der Waals surface area contributed by atoms with Gasteiger partial charge in [0.2, 0.25) is 5.65 Å². The van der Waals surface area contributed by atoms with E-state index >= 15 is 0 Å². The predicted molar refractivity (Wildman–Crippen MR) is 117 cm³/mol. The Labute approximate surface area is 187 Å². The second-order valence-electron chi connectivity index (χ2n) is 6.73. The number of nitro groups is 1. The van der Waals surface area contributed by atoms with Crippen molar-refractivity contribution in [3.63, 3.8) is 0 Å². The Bertz CT molecular complexity index is 1510. The quantitative estimate of drug-likeness (QED) is 0.251. The molecule has 0 amide bonds. The standard InChI is InChI=1S/C22H13ClFN3O4S/c23-17-12-16(9-6-15-7-10-18(24)11-8-15)21-25-20(22(27(28)29)26(21)13-17)14-32(30,31)19-4-2-1-3-5-19/h1-5,7-8,10-13H,14H2. The Morgan fingerprint density at radius 3 is 2.44 bits per heavy atom. The van der Waals surface area contributed by atoms with Crippen molar-refractivity contribution in [3.05, 3.63) is 105 Å². The number of rotatable bonds is 4. The third-order valence-corrected chi connectivity index (χ3v) is 6.37. The lowest BCUT2D eigenvalue weighted by Crippen LogP contribution is -2.07. The van der Waals surface area contributed by atoms with Crippen molar-refractivity contribution in [3.8, 4) is 11.8 Å². The number of sulfone groups is 1. The van der Waals surface area contributed by atoms with Crippen molar-refractivity contribution in [2.75, 3.05) is 0 Å². The summed E-state index contributed by atoms with van der Waals surface area (Å²) in [5, 5.41) is 11.9. The molecule has 7 nitrogen and oxygen atoms in total. The number of benzene rings is 2. The largest absolute Gasteiger partial charge is 0.358 e. The maximum absolute atomic E-state index is 13.1. The summed E-state index contributed by atoms with van der Waals surface area (Å²) in [7, 11) is -3.88. The summed E-state index contributed by atoms with van der Waals surface area (Å²) in [5.41, 5.74) is 0.630. The lowest BCUT2D eigenvalue weighted by Gasteiger charge is -2.02. The molecule has 0 atom stereocenters. The number of aromatic nitrogens is 2. The normalized spacial score (nSPS) is 11.2. The van der Waals surface area contributed by atoms with Gasteiger partial charge in [-0.2, -0.15) is 4.40 Å². The molecule has 2 aromatic heterocycles. The van der Waals surface area contributed by atoms with Gasteiger partial charge >= 0.3 is 5.82 Å². The van der Waals surface area contributed by atoms with E-state index in [9.17, 15) is 22.9 Å². The van der Waals surface area contributed by atoms with Crippen molar-refractivity contribution in [1.29, 1.82) is 0 Å². The zero-order chi connectivity index (χ0) is 22.9. The average Bonchev–Trinajstić information content (AvgIpc) is 3.11. The molecule has 0 spiro atoms. The third kappa shape index (κ3) is 4.32. The summed E-state index contributed by atoms with van der Waals surface area (Å²) < 4.78 is 39.8. The molecule has 10 heteroatoms. The Balaban J connectivity index is 1.85. The average molecular weight is 470 g/mol. The van der Waals surface area contributed by atoms with Gasteiger partial charge < -0.3 is 10.1 Å². The minimum Gasteiger partial charge on any atom is -0.358 e. The fraction of sp³-hybridized carbons (Fsp3) is 0.0455. The molecule has 0 bridgehead atoms. The first-order valence-corrected chi connectivity index (χ1v) is 11.2. The van der Waals surface area contributed by atoms with Crippen LogP contribution in [0.4, 0.5) is 10.2 Å². The zero-order valence-electron chi connectivity index (χ0n) is 16.2. The number of imidazole rings is 1. The number of nitrogens with zero attached hydrogens (tertiary/aromatic N) is 3. The SMILES string of the molecule is O=[N+]([O-])c1c(CS(=O)(=O)c2ccccc2)nc2c(C#Cc3ccc(F)cc3)cc(Cl)cn12. The Hall–Kier alpha value is -3.74. The molecule has 0 N–H and O–H groups in total. The molecule has 32 heavy (non-hydrogen) atoms. The van der Waals surface area contributed by atoms with Crippen LogP contribution in [0.5, 0.6) is 0 Å². The topological polar surface area (TPSA) is 94.6 Å². The highest BCUT2D eigenvalue weighted by molar-refractivity contribution is 7.90. The molecular formula is C22H13ClFN3O4S. The van der Waals surface area contributed by atoms with Crippen molar-refractivity contribution >= 4 is 32.9 Å². The molecule has 0 saturated heterocycles. The van der Waals surface area contributed by atoms with Crippen LogP contribution in [0.2, 0.25) is 5.02 Å². The summed E-state index contributed by atoms with van der Waals surface area (Å²) in [4.78, 5) is 15.3. The van der Waals surface area contributed by atoms with E-state index in [-0.39, 0.29) is 26.8 Å². The molecule has 4 aromatic rings. The van der Waals surface area contributed by atoms with Crippen LogP contribution in [-0.2, 0) is 15.6 Å². The molecule has 0 aliphatic rings. The van der Waals surface area contributed by atoms with E-state index in [4.69, 9.17) is 11.6 Å². The van der Waals surface area contributed by atoms with Crippen molar-refractivity contribution in [2.24, 2.45) is 0 Å². The van der Waals surface area contributed by atoms with E-state index in [2.05, 4.69) is 16.8 Å². The van der Waals surface area contributed by atoms with E-state index in [1.807, 2.05) is 0 Å². The lowest BCUT2D eigenvalue weighted by atomic mass is 10.2. The minimum absolute atomic E-state index is 0.0284. The molecule has 0 unspecified atom stereocenters. The summed E-state index contributed by atoms with van der Waals surface area (Å²) in [6.45, 7) is 0. The molecule has 160 valence electrons. The van der Waals surface area contributed by atoms with E-state index in [1.165, 1.54) is 48.7 Å². The maximum Gasteiger partial charge on any atom is 0.352 e. The molecule has 2 heterocycles. The van der Waals surface area contributed by atoms with Gasteiger partial charge in [-0.15, -0.1) is 0 Å². The highest BCUT2D eigenvalue weighted by Gasteiger charge is 2.29. The van der Waals surface area contributed by atoms with E-state index in [0.29, 0.717) is 5.56 Å². The van der Waals surface area contributed by atoms with Gasteiger partial charge in [0, 0.05) is 5.56 Å². The summed E-state index contributed by atoms with van der Waals surface area (Å²) in [5.74, 6) is 4.06. The molecule has 0 radical (unpaired) electrons. The monoisotopic (exact) mass is 469 g/mol. The van der Waals surface area contributed by atoms with Crippen LogP contribution in [0.3, 0.4) is 0 Å². The molecule has 0 aliphatic heterocycles. The van der Waals surface area contributed by atoms with Gasteiger partial charge in [-0.25, -0.2) is 17.8 Å². The van der Waals surface area contributed by atoms with Gasteiger partial charge in [-0.1, -0.05) is 41.6 Å². The fourth-order valence-corrected chi connectivity index (χ4v) is 4.59. The Morgan fingerprint density at radius 1 is 1.09 bits per heavy atom. The summed E-state index contributed by atoms with van der Waals surface area (Å²) in [6, 6.07) is 14.6. The molecule has 0 saturated carbocycles. The van der Waals surface area contributed by atoms with Gasteiger partial charge in [0.25, 0.3) is 0 Å². The Kier molecular flexibility index (Phi) is 5.65. The number of halogens is 2. The van der Waals surface area contributed by atoms with Gasteiger partial charge in [0.05, 0.1) is 15.5 Å². The number of fused-ring (bicyclic) bond motifs is 1. The lowest BCUT2D eigenvalue weighted by molar-refractivity contribution is -0.391. The third-order valence-electron chi connectivity index (χ3n) is 4.52. The molecule has 0 aliphatic carbocycles. The van der Waals surface area contributed by atoms with Gasteiger partial charge in [0.1, 0.15) is 17.8 Å². The molecule has 2 aromatic carbocycles. The van der Waals surface area contributed by atoms with Gasteiger partial charge in [-0.05, 0) is 47.4 Å². The highest BCUT2D eigenvalue weighted by Crippen LogP contribution is 2.28. The van der Waals surface area contributed by atoms with E-state index < -0.39 is 32.1 Å². The van der Waals surface area contributed by atoms with E-state index in [1.54, 1.807) is 18.2 Å². The predicted octanol–water partition coefficient (Wildman–Crippen LogP) is 4.41. The van der Waals surface area contributed by atoms with Gasteiger partial charge in [-0.3, -0.25) is 0 Å². The highest BCUT2D eigenvalue weighted by atomic mass is 35.5. The smallest absolute Gasteiger partial charge is 0.352 e. The second-order valence-corrected chi connectivity index (χ2v) is 9.16. The first kappa shape index (κ1) is 21.5. The number of hydrogen-bond donors (Lipinski definition) is 0. The molecule has 4 rings (SSSR count). The summed E-state index contributed by atoms with van der Waals surface area (Å²) >= 11 is 6.13. The van der Waals surface area contributed by atoms with Crippen LogP contribution >= 0.6 is 11.6 Å². The van der Waals surface area contributed by atoms with Crippen LogP contribution in [0, 0.1) is 27.8 Å². The van der Waals surface area contributed by atoms with Crippen LogP contribution in [0.25, 0.3) is 5.65 Å². The first-order valence-electron chi connectivity index (χ1n) is 9.15. The van der Waals surface area contributed by atoms with Crippen LogP contribution in [0.15, 0.2) is 71.8 Å². The second kappa shape index (κ2) is 8.42. The van der Waals surface area contributed by atoms with E-state index in [0.717, 1.165) is 4.40 Å². The molecular weight excluding hydrogens is 457 g/mol. The fourth-order valence-electron chi connectivity index (χ4n) is 3.09. The van der Waals surface area contributed by atoms with Crippen LogP contribution in [0.1, 0.15) is 16.8 Å². The number of pyridine rings is 1. The first-order chi connectivity index (χ1) is 15.2. The van der Waals surface area contributed by atoms with Crippen molar-refractivity contribution < 1.29 is 17.7 Å². The van der Waals surface area contributed by atoms with Crippen molar-refractivity contribution in [2.45, 2.75) is 10.6 Å². The minimum atomic E-state index is -3.88. The summed E-state index contributed by atoms with van der Waals surface area (Å²) in [6.07, 6.45) is 1.28. The molecule has 0 fully saturated rings. The van der Waals surface area contributed by atoms with Gasteiger partial charge in [0.15, 0.2) is 15.5 Å². The van der Waals surface area contributed by atoms with Crippen molar-refractivity contribution in [1.82, 2.24) is 9.38 Å². The van der Waals surface area contributed by atoms with Crippen LogP contribution < -0.4 is 0 Å². The Morgan fingerprint density at radius 2 is 1.78 bits per heavy atom. The van der Waals surface area contributed by atoms with Crippen LogP contribution in [-0.4, -0.2) is 22.7 Å². The number of hydrogen-bond acceptors (Lipinski definition) is 5. The maximum atomic E-state index is 13.1. The zero-order valence-corrected chi connectivity index (χ0v) is 17.8.